The molecule has 1 aliphatic heterocycles. The normalized spacial score (nSPS) is 19.2. The Hall–Kier alpha value is -2.90. The van der Waals surface area contributed by atoms with E-state index in [4.69, 9.17) is 4.74 Å². The quantitative estimate of drug-likeness (QED) is 0.533. The van der Waals surface area contributed by atoms with Crippen molar-refractivity contribution in [2.45, 2.75) is 39.2 Å². The second-order valence-corrected chi connectivity index (χ2v) is 7.16. The molecule has 0 unspecified atom stereocenters. The minimum absolute atomic E-state index is 0.383. The van der Waals surface area contributed by atoms with E-state index < -0.39 is 42.5 Å². The predicted molar refractivity (Wildman–Crippen MR) is 98.8 cm³/mol. The number of rotatable bonds is 8. The fraction of sp³-hybridized carbons (Fsp3) is 0.474. The average molecular weight is 375 g/mol. The number of nitrogens with zero attached hydrogens (tertiary/aromatic N) is 1. The highest BCUT2D eigenvalue weighted by Gasteiger charge is 2.48. The van der Waals surface area contributed by atoms with Gasteiger partial charge in [-0.25, -0.2) is 4.79 Å². The van der Waals surface area contributed by atoms with Crippen molar-refractivity contribution in [2.24, 2.45) is 5.92 Å². The topological polar surface area (TPSA) is 105 Å². The Kier molecular flexibility index (Phi) is 6.55. The van der Waals surface area contributed by atoms with Gasteiger partial charge in [-0.15, -0.1) is 0 Å². The van der Waals surface area contributed by atoms with Crippen molar-refractivity contribution in [3.63, 3.8) is 0 Å². The molecule has 27 heavy (non-hydrogen) atoms. The van der Waals surface area contributed by atoms with Crippen LogP contribution >= 0.6 is 0 Å². The van der Waals surface area contributed by atoms with Crippen LogP contribution in [0, 0.1) is 5.92 Å². The fourth-order valence-electron chi connectivity index (χ4n) is 2.68. The molecule has 8 nitrogen and oxygen atoms in total. The van der Waals surface area contributed by atoms with Gasteiger partial charge in [0.15, 0.2) is 6.61 Å². The van der Waals surface area contributed by atoms with Gasteiger partial charge in [0, 0.05) is 5.69 Å². The van der Waals surface area contributed by atoms with Crippen molar-refractivity contribution in [1.29, 1.82) is 0 Å². The molecular weight excluding hydrogens is 350 g/mol. The largest absolute Gasteiger partial charge is 0.454 e. The summed E-state index contributed by atoms with van der Waals surface area (Å²) in [5.74, 6) is -1.41. The molecule has 0 spiro atoms. The molecule has 0 saturated carbocycles. The predicted octanol–water partition coefficient (Wildman–Crippen LogP) is 1.91. The number of anilines is 1. The van der Waals surface area contributed by atoms with Gasteiger partial charge in [-0.05, 0) is 37.8 Å². The van der Waals surface area contributed by atoms with Crippen molar-refractivity contribution >= 4 is 29.5 Å². The van der Waals surface area contributed by atoms with Crippen LogP contribution in [0.15, 0.2) is 30.3 Å². The van der Waals surface area contributed by atoms with E-state index in [1.54, 1.807) is 31.2 Å². The summed E-state index contributed by atoms with van der Waals surface area (Å²) in [6.45, 7) is 4.68. The van der Waals surface area contributed by atoms with Gasteiger partial charge in [-0.2, -0.15) is 0 Å². The molecule has 1 saturated heterocycles. The zero-order chi connectivity index (χ0) is 20.0. The van der Waals surface area contributed by atoms with Crippen molar-refractivity contribution in [3.8, 4) is 0 Å². The maximum atomic E-state index is 12.5. The molecule has 146 valence electrons. The van der Waals surface area contributed by atoms with Crippen LogP contribution in [-0.4, -0.2) is 47.4 Å². The SMILES string of the molecule is CC(C)CC[C@@]1(C)NC(=O)N(CC(=O)OCC(=O)Nc2ccccc2)C1=O. The number of benzene rings is 1. The molecule has 0 aromatic heterocycles. The summed E-state index contributed by atoms with van der Waals surface area (Å²) in [7, 11) is 0. The van der Waals surface area contributed by atoms with Crippen molar-refractivity contribution < 1.29 is 23.9 Å². The van der Waals surface area contributed by atoms with Crippen molar-refractivity contribution in [2.75, 3.05) is 18.5 Å². The maximum absolute atomic E-state index is 12.5. The van der Waals surface area contributed by atoms with Gasteiger partial charge >= 0.3 is 12.0 Å². The number of urea groups is 1. The highest BCUT2D eigenvalue weighted by Crippen LogP contribution is 2.24. The van der Waals surface area contributed by atoms with E-state index in [2.05, 4.69) is 10.6 Å². The first-order valence-corrected chi connectivity index (χ1v) is 8.86. The van der Waals surface area contributed by atoms with Gasteiger partial charge in [0.1, 0.15) is 12.1 Å². The number of hydrogen-bond acceptors (Lipinski definition) is 5. The van der Waals surface area contributed by atoms with Gasteiger partial charge in [-0.3, -0.25) is 19.3 Å². The zero-order valence-corrected chi connectivity index (χ0v) is 15.8. The standard InChI is InChI=1S/C19H25N3O5/c1-13(2)9-10-19(3)17(25)22(18(26)21-19)11-16(24)27-12-15(23)20-14-7-5-4-6-8-14/h4-8,13H,9-12H2,1-3H3,(H,20,23)(H,21,26)/t19-/m1/s1. The van der Waals surface area contributed by atoms with Crippen molar-refractivity contribution in [3.05, 3.63) is 30.3 Å². The number of para-hydroxylation sites is 1. The van der Waals surface area contributed by atoms with Gasteiger partial charge in [-0.1, -0.05) is 32.0 Å². The number of imide groups is 1. The van der Waals surface area contributed by atoms with Gasteiger partial charge in [0.05, 0.1) is 0 Å². The van der Waals surface area contributed by atoms with Crippen LogP contribution in [0.4, 0.5) is 10.5 Å². The van der Waals surface area contributed by atoms with E-state index in [9.17, 15) is 19.2 Å². The van der Waals surface area contributed by atoms with Crippen LogP contribution in [0.3, 0.4) is 0 Å². The second kappa shape index (κ2) is 8.66. The number of hydrogen-bond donors (Lipinski definition) is 2. The Morgan fingerprint density at radius 3 is 2.52 bits per heavy atom. The maximum Gasteiger partial charge on any atom is 0.326 e. The summed E-state index contributed by atoms with van der Waals surface area (Å²) >= 11 is 0. The lowest BCUT2D eigenvalue weighted by Gasteiger charge is -2.22. The van der Waals surface area contributed by atoms with E-state index in [0.717, 1.165) is 11.3 Å². The van der Waals surface area contributed by atoms with Crippen LogP contribution < -0.4 is 10.6 Å². The van der Waals surface area contributed by atoms with Gasteiger partial charge in [0.2, 0.25) is 0 Å². The highest BCUT2D eigenvalue weighted by atomic mass is 16.5. The van der Waals surface area contributed by atoms with E-state index in [-0.39, 0.29) is 0 Å². The number of amides is 4. The number of carbonyl (C=O) groups is 4. The Bertz CT molecular complexity index is 719. The Balaban J connectivity index is 1.83. The van der Waals surface area contributed by atoms with E-state index in [1.807, 2.05) is 19.9 Å². The first-order chi connectivity index (χ1) is 12.7. The van der Waals surface area contributed by atoms with Crippen LogP contribution in [0.2, 0.25) is 0 Å². The first-order valence-electron chi connectivity index (χ1n) is 8.86. The van der Waals surface area contributed by atoms with Crippen LogP contribution in [0.1, 0.15) is 33.6 Å². The molecule has 1 aromatic carbocycles. The third kappa shape index (κ3) is 5.54. The fourth-order valence-corrected chi connectivity index (χ4v) is 2.68. The zero-order valence-electron chi connectivity index (χ0n) is 15.8. The highest BCUT2D eigenvalue weighted by molar-refractivity contribution is 6.08. The average Bonchev–Trinajstić information content (AvgIpc) is 2.83. The molecule has 0 bridgehead atoms. The molecular formula is C19H25N3O5. The molecule has 1 aromatic rings. The molecule has 0 aliphatic carbocycles. The molecule has 1 atom stereocenters. The summed E-state index contributed by atoms with van der Waals surface area (Å²) in [5.41, 5.74) is -0.444. The molecule has 2 N–H and O–H groups in total. The number of esters is 1. The van der Waals surface area contributed by atoms with Gasteiger partial charge < -0.3 is 15.4 Å². The molecule has 2 rings (SSSR count). The van der Waals surface area contributed by atoms with E-state index in [1.165, 1.54) is 0 Å². The van der Waals surface area contributed by atoms with Crippen LogP contribution in [0.25, 0.3) is 0 Å². The number of nitrogens with one attached hydrogen (secondary N) is 2. The summed E-state index contributed by atoms with van der Waals surface area (Å²) < 4.78 is 4.88. The van der Waals surface area contributed by atoms with E-state index >= 15 is 0 Å². The Morgan fingerprint density at radius 2 is 1.89 bits per heavy atom. The van der Waals surface area contributed by atoms with Crippen LogP contribution in [-0.2, 0) is 19.1 Å². The summed E-state index contributed by atoms with van der Waals surface area (Å²) in [6, 6.07) is 8.10. The lowest BCUT2D eigenvalue weighted by Crippen LogP contribution is -2.44. The molecule has 0 radical (unpaired) electrons. The molecule has 4 amide bonds. The van der Waals surface area contributed by atoms with Gasteiger partial charge in [0.25, 0.3) is 11.8 Å². The summed E-state index contributed by atoms with van der Waals surface area (Å²) in [6.07, 6.45) is 1.25. The number of ether oxygens (including phenoxy) is 1. The monoisotopic (exact) mass is 375 g/mol. The molecule has 1 fully saturated rings. The Morgan fingerprint density at radius 1 is 1.22 bits per heavy atom. The summed E-state index contributed by atoms with van der Waals surface area (Å²) in [5, 5.41) is 5.21. The van der Waals surface area contributed by atoms with Crippen LogP contribution in [0.5, 0.6) is 0 Å². The molecule has 1 heterocycles. The molecule has 1 aliphatic rings. The number of carbonyl (C=O) groups excluding carboxylic acids is 4. The first kappa shape index (κ1) is 20.4. The lowest BCUT2D eigenvalue weighted by atomic mass is 9.92. The van der Waals surface area contributed by atoms with Crippen molar-refractivity contribution in [1.82, 2.24) is 10.2 Å². The third-order valence-electron chi connectivity index (χ3n) is 4.28. The van der Waals surface area contributed by atoms with E-state index in [0.29, 0.717) is 18.0 Å². The minimum atomic E-state index is -1.02. The summed E-state index contributed by atoms with van der Waals surface area (Å²) in [4.78, 5) is 49.2. The second-order valence-electron chi connectivity index (χ2n) is 7.16. The minimum Gasteiger partial charge on any atom is -0.454 e. The smallest absolute Gasteiger partial charge is 0.326 e. The Labute approximate surface area is 158 Å². The third-order valence-corrected chi connectivity index (χ3v) is 4.28. The molecule has 8 heteroatoms. The lowest BCUT2D eigenvalue weighted by molar-refractivity contribution is -0.150.